The summed E-state index contributed by atoms with van der Waals surface area (Å²) < 4.78 is 25.2. The molecule has 0 aromatic heterocycles. The van der Waals surface area contributed by atoms with Crippen LogP contribution in [0.3, 0.4) is 0 Å². The second-order valence-corrected chi connectivity index (χ2v) is 3.24. The molecule has 60 valence electrons. The van der Waals surface area contributed by atoms with E-state index in [0.29, 0.717) is 0 Å². The van der Waals surface area contributed by atoms with Crippen molar-refractivity contribution in [2.75, 3.05) is 6.67 Å². The van der Waals surface area contributed by atoms with Gasteiger partial charge in [-0.1, -0.05) is 0 Å². The van der Waals surface area contributed by atoms with E-state index >= 15 is 0 Å². The highest BCUT2D eigenvalue weighted by atomic mass is 32.2. The van der Waals surface area contributed by atoms with Crippen molar-refractivity contribution in [3.8, 4) is 0 Å². The summed E-state index contributed by atoms with van der Waals surface area (Å²) in [5, 5.41) is 2.62. The minimum Gasteiger partial charge on any atom is -0.372 e. The van der Waals surface area contributed by atoms with Crippen molar-refractivity contribution in [2.24, 2.45) is 4.52 Å². The molecule has 0 aromatic rings. The molecular formula is C3H5N5O2S. The van der Waals surface area contributed by atoms with E-state index in [1.165, 1.54) is 12.4 Å². The molecule has 11 heavy (non-hydrogen) atoms. The van der Waals surface area contributed by atoms with Crippen molar-refractivity contribution in [2.45, 2.75) is 0 Å². The van der Waals surface area contributed by atoms with Crippen molar-refractivity contribution in [1.82, 2.24) is 9.62 Å². The average Bonchev–Trinajstić information content (AvgIpc) is 2.37. The fraction of sp³-hybridized carbons (Fsp3) is 0.333. The molecule has 0 amide bonds. The number of hydrogen-bond donors (Lipinski definition) is 1. The molecule has 0 aliphatic carbocycles. The maximum atomic E-state index is 10.8. The molecule has 1 rings (SSSR count). The second-order valence-electron chi connectivity index (χ2n) is 1.71. The molecule has 1 heterocycles. The Kier molecular flexibility index (Phi) is 1.88. The molecule has 1 N–H and O–H groups in total. The van der Waals surface area contributed by atoms with E-state index in [4.69, 9.17) is 5.53 Å². The second kappa shape index (κ2) is 2.69. The zero-order valence-corrected chi connectivity index (χ0v) is 6.19. The van der Waals surface area contributed by atoms with Crippen LogP contribution in [0, 0.1) is 0 Å². The van der Waals surface area contributed by atoms with Gasteiger partial charge >= 0.3 is 10.2 Å². The minimum absolute atomic E-state index is 0.112. The van der Waals surface area contributed by atoms with Crippen molar-refractivity contribution >= 4 is 10.2 Å². The van der Waals surface area contributed by atoms with E-state index in [2.05, 4.69) is 14.7 Å². The van der Waals surface area contributed by atoms with Crippen LogP contribution in [0.15, 0.2) is 16.9 Å². The third-order valence-corrected chi connectivity index (χ3v) is 2.16. The normalized spacial score (nSPS) is 15.8. The van der Waals surface area contributed by atoms with Crippen LogP contribution < -0.4 is 5.32 Å². The van der Waals surface area contributed by atoms with Gasteiger partial charge in [0.25, 0.3) is 0 Å². The van der Waals surface area contributed by atoms with Crippen LogP contribution in [0.1, 0.15) is 0 Å². The number of nitrogens with zero attached hydrogens (tertiary/aromatic N) is 4. The molecule has 7 nitrogen and oxygen atoms in total. The van der Waals surface area contributed by atoms with Crippen molar-refractivity contribution in [3.63, 3.8) is 0 Å². The first kappa shape index (κ1) is 7.70. The third-order valence-electron chi connectivity index (χ3n) is 1.04. The van der Waals surface area contributed by atoms with Crippen molar-refractivity contribution < 1.29 is 8.42 Å². The first-order valence-corrected chi connectivity index (χ1v) is 4.05. The van der Waals surface area contributed by atoms with Gasteiger partial charge in [-0.25, -0.2) is 0 Å². The fourth-order valence-electron chi connectivity index (χ4n) is 0.583. The number of azide groups is 1. The molecule has 0 spiro atoms. The van der Waals surface area contributed by atoms with Crippen molar-refractivity contribution in [3.05, 3.63) is 22.8 Å². The lowest BCUT2D eigenvalue weighted by molar-refractivity contribution is 0.508. The first-order chi connectivity index (χ1) is 5.17. The quantitative estimate of drug-likeness (QED) is 0.359. The summed E-state index contributed by atoms with van der Waals surface area (Å²) >= 11 is 0. The van der Waals surface area contributed by atoms with E-state index < -0.39 is 10.2 Å². The highest BCUT2D eigenvalue weighted by molar-refractivity contribution is 7.87. The molecule has 0 saturated heterocycles. The van der Waals surface area contributed by atoms with E-state index in [-0.39, 0.29) is 6.67 Å². The summed E-state index contributed by atoms with van der Waals surface area (Å²) in [6.07, 6.45) is 2.73. The summed E-state index contributed by atoms with van der Waals surface area (Å²) in [6, 6.07) is 0. The molecule has 1 aliphatic heterocycles. The Morgan fingerprint density at radius 1 is 1.73 bits per heavy atom. The lowest BCUT2D eigenvalue weighted by Gasteiger charge is -2.09. The van der Waals surface area contributed by atoms with Gasteiger partial charge in [-0.15, -0.1) is 0 Å². The monoisotopic (exact) mass is 175 g/mol. The summed E-state index contributed by atoms with van der Waals surface area (Å²) in [5.74, 6) is 0. The average molecular weight is 175 g/mol. The molecule has 0 radical (unpaired) electrons. The van der Waals surface area contributed by atoms with Crippen LogP contribution in [0.4, 0.5) is 0 Å². The maximum absolute atomic E-state index is 10.8. The summed E-state index contributed by atoms with van der Waals surface area (Å²) in [6.45, 7) is 0.112. The van der Waals surface area contributed by atoms with Gasteiger partial charge in [-0.3, -0.25) is 4.31 Å². The van der Waals surface area contributed by atoms with Crippen LogP contribution in [0.5, 0.6) is 0 Å². The Labute approximate surface area is 63.1 Å². The standard InChI is InChI=1S/C3H5N5O2S/c4-6-7-11(9,10)8-2-1-5-3-8/h1-2,5H,3H2. The summed E-state index contributed by atoms with van der Waals surface area (Å²) in [5.41, 5.74) is 7.87. The van der Waals surface area contributed by atoms with Gasteiger partial charge in [0.1, 0.15) is 6.67 Å². The third kappa shape index (κ3) is 1.54. The Morgan fingerprint density at radius 2 is 2.45 bits per heavy atom. The van der Waals surface area contributed by atoms with E-state index in [9.17, 15) is 8.42 Å². The van der Waals surface area contributed by atoms with E-state index in [1.807, 2.05) is 0 Å². The van der Waals surface area contributed by atoms with Crippen LogP contribution in [-0.4, -0.2) is 19.4 Å². The van der Waals surface area contributed by atoms with Gasteiger partial charge in [-0.2, -0.15) is 8.42 Å². The fourth-order valence-corrected chi connectivity index (χ4v) is 1.22. The topological polar surface area (TPSA) is 98.2 Å². The van der Waals surface area contributed by atoms with Crippen LogP contribution >= 0.6 is 0 Å². The predicted octanol–water partition coefficient (Wildman–Crippen LogP) is -0.125. The zero-order valence-electron chi connectivity index (χ0n) is 5.38. The van der Waals surface area contributed by atoms with Crippen LogP contribution in [0.2, 0.25) is 0 Å². The molecule has 0 bridgehead atoms. The molecule has 0 aromatic carbocycles. The van der Waals surface area contributed by atoms with Crippen LogP contribution in [-0.2, 0) is 10.2 Å². The molecular weight excluding hydrogens is 170 g/mol. The largest absolute Gasteiger partial charge is 0.372 e. The Balaban J connectivity index is 2.89. The van der Waals surface area contributed by atoms with Gasteiger partial charge in [0.2, 0.25) is 0 Å². The number of hydrogen-bond acceptors (Lipinski definition) is 3. The summed E-state index contributed by atoms with van der Waals surface area (Å²) in [7, 11) is -3.82. The van der Waals surface area contributed by atoms with Gasteiger partial charge in [0.15, 0.2) is 0 Å². The van der Waals surface area contributed by atoms with Crippen molar-refractivity contribution in [1.29, 1.82) is 0 Å². The number of rotatable bonds is 2. The molecule has 1 aliphatic rings. The first-order valence-electron chi connectivity index (χ1n) is 2.65. The smallest absolute Gasteiger partial charge is 0.325 e. The molecule has 0 unspecified atom stereocenters. The van der Waals surface area contributed by atoms with Gasteiger partial charge in [0.05, 0.1) is 4.52 Å². The molecule has 0 atom stereocenters. The Morgan fingerprint density at radius 3 is 2.91 bits per heavy atom. The molecule has 0 saturated carbocycles. The highest BCUT2D eigenvalue weighted by Crippen LogP contribution is 2.05. The lowest BCUT2D eigenvalue weighted by atomic mass is 11.0. The SMILES string of the molecule is [N-]=[N+]=NS(=O)(=O)N1C=CNC1. The van der Waals surface area contributed by atoms with Gasteiger partial charge in [0, 0.05) is 17.3 Å². The van der Waals surface area contributed by atoms with E-state index in [0.717, 1.165) is 4.31 Å². The van der Waals surface area contributed by atoms with Gasteiger partial charge < -0.3 is 5.32 Å². The van der Waals surface area contributed by atoms with Gasteiger partial charge in [-0.05, 0) is 5.53 Å². The Bertz CT molecular complexity index is 313. The van der Waals surface area contributed by atoms with Crippen LogP contribution in [0.25, 0.3) is 10.4 Å². The molecule has 0 fully saturated rings. The number of nitrogens with one attached hydrogen (secondary N) is 1. The predicted molar refractivity (Wildman–Crippen MR) is 37.0 cm³/mol. The van der Waals surface area contributed by atoms with E-state index in [1.54, 1.807) is 0 Å². The lowest BCUT2D eigenvalue weighted by Crippen LogP contribution is -2.25. The summed E-state index contributed by atoms with van der Waals surface area (Å²) in [4.78, 5) is 2.19. The minimum atomic E-state index is -3.82. The zero-order chi connectivity index (χ0) is 8.32. The maximum Gasteiger partial charge on any atom is 0.325 e. The highest BCUT2D eigenvalue weighted by Gasteiger charge is 2.17. The molecule has 8 heteroatoms. The Hall–Kier alpha value is -1.40.